The molecule has 0 bridgehead atoms. The molecule has 28 heavy (non-hydrogen) atoms. The van der Waals surface area contributed by atoms with Crippen molar-refractivity contribution in [1.29, 1.82) is 0 Å². The highest BCUT2D eigenvalue weighted by atomic mass is 19.1. The molecule has 0 atom stereocenters. The first kappa shape index (κ1) is 20.0. The van der Waals surface area contributed by atoms with Crippen LogP contribution >= 0.6 is 0 Å². The molecule has 1 aliphatic rings. The number of hydrogen-bond acceptors (Lipinski definition) is 4. The Labute approximate surface area is 164 Å². The Balaban J connectivity index is 1.59. The van der Waals surface area contributed by atoms with Crippen molar-refractivity contribution < 1.29 is 18.7 Å². The summed E-state index contributed by atoms with van der Waals surface area (Å²) >= 11 is 0. The summed E-state index contributed by atoms with van der Waals surface area (Å²) in [6.07, 6.45) is 1.46. The lowest BCUT2D eigenvalue weighted by atomic mass is 9.94. The van der Waals surface area contributed by atoms with Crippen LogP contribution in [0.3, 0.4) is 0 Å². The number of methoxy groups -OCH3 is 1. The van der Waals surface area contributed by atoms with Crippen LogP contribution in [0.2, 0.25) is 0 Å². The van der Waals surface area contributed by atoms with E-state index in [1.54, 1.807) is 12.1 Å². The lowest BCUT2D eigenvalue weighted by Gasteiger charge is -2.31. The lowest BCUT2D eigenvalue weighted by molar-refractivity contribution is -0.141. The van der Waals surface area contributed by atoms with Crippen LogP contribution < -0.4 is 5.32 Å². The van der Waals surface area contributed by atoms with Crippen LogP contribution in [0.15, 0.2) is 48.5 Å². The van der Waals surface area contributed by atoms with Crippen molar-refractivity contribution in [2.75, 3.05) is 26.7 Å². The highest BCUT2D eigenvalue weighted by Gasteiger charge is 2.25. The highest BCUT2D eigenvalue weighted by molar-refractivity contribution is 5.83. The number of likely N-dealkylation sites (tertiary alicyclic amines) is 1. The fourth-order valence-electron chi connectivity index (χ4n) is 3.57. The van der Waals surface area contributed by atoms with Crippen LogP contribution in [0, 0.1) is 11.7 Å². The largest absolute Gasteiger partial charge is 0.468 e. The van der Waals surface area contributed by atoms with Crippen LogP contribution in [-0.2, 0) is 20.9 Å². The van der Waals surface area contributed by atoms with Crippen molar-refractivity contribution in [2.45, 2.75) is 19.4 Å². The molecular weight excluding hydrogens is 359 g/mol. The fourth-order valence-corrected chi connectivity index (χ4v) is 3.57. The molecule has 0 unspecified atom stereocenters. The van der Waals surface area contributed by atoms with Gasteiger partial charge in [0.15, 0.2) is 0 Å². The molecule has 0 saturated carbocycles. The van der Waals surface area contributed by atoms with Gasteiger partial charge >= 0.3 is 5.97 Å². The number of amides is 1. The van der Waals surface area contributed by atoms with E-state index >= 15 is 0 Å². The number of ether oxygens (including phenoxy) is 1. The molecule has 6 heteroatoms. The van der Waals surface area contributed by atoms with Crippen molar-refractivity contribution in [3.05, 3.63) is 59.9 Å². The number of benzene rings is 2. The number of nitrogens with one attached hydrogen (secondary N) is 1. The van der Waals surface area contributed by atoms with Gasteiger partial charge in [0.25, 0.3) is 0 Å². The molecule has 0 radical (unpaired) electrons. The van der Waals surface area contributed by atoms with Gasteiger partial charge in [-0.2, -0.15) is 0 Å². The molecular formula is C22H25FN2O3. The van der Waals surface area contributed by atoms with E-state index in [9.17, 15) is 14.0 Å². The topological polar surface area (TPSA) is 58.6 Å². The van der Waals surface area contributed by atoms with E-state index in [1.165, 1.54) is 13.2 Å². The summed E-state index contributed by atoms with van der Waals surface area (Å²) in [5.74, 6) is -0.869. The maximum absolute atomic E-state index is 14.2. The van der Waals surface area contributed by atoms with Gasteiger partial charge in [0, 0.05) is 18.0 Å². The number of esters is 1. The number of hydrogen-bond donors (Lipinski definition) is 1. The maximum Gasteiger partial charge on any atom is 0.325 e. The second kappa shape index (κ2) is 9.46. The van der Waals surface area contributed by atoms with Crippen molar-refractivity contribution in [1.82, 2.24) is 10.2 Å². The number of carbonyl (C=O) groups excluding carboxylic acids is 2. The quantitative estimate of drug-likeness (QED) is 0.778. The molecule has 1 heterocycles. The number of halogens is 1. The maximum atomic E-state index is 14.2. The van der Waals surface area contributed by atoms with Crippen molar-refractivity contribution in [2.24, 2.45) is 5.92 Å². The Bertz CT molecular complexity index is 832. The Kier molecular flexibility index (Phi) is 6.76. The smallest absolute Gasteiger partial charge is 0.325 e. The van der Waals surface area contributed by atoms with Gasteiger partial charge in [-0.3, -0.25) is 14.5 Å². The minimum absolute atomic E-state index is 0.0917. The zero-order chi connectivity index (χ0) is 19.9. The molecule has 2 aromatic carbocycles. The molecule has 0 spiro atoms. The Hall–Kier alpha value is -2.73. The summed E-state index contributed by atoms with van der Waals surface area (Å²) in [5, 5.41) is 2.63. The first-order chi connectivity index (χ1) is 13.6. The van der Waals surface area contributed by atoms with Crippen LogP contribution in [0.4, 0.5) is 4.39 Å². The lowest BCUT2D eigenvalue weighted by Crippen LogP contribution is -2.41. The van der Waals surface area contributed by atoms with E-state index in [4.69, 9.17) is 0 Å². The highest BCUT2D eigenvalue weighted by Crippen LogP contribution is 2.28. The summed E-state index contributed by atoms with van der Waals surface area (Å²) in [5.41, 5.74) is 2.58. The molecule has 0 aliphatic carbocycles. The Morgan fingerprint density at radius 1 is 1.07 bits per heavy atom. The minimum Gasteiger partial charge on any atom is -0.468 e. The van der Waals surface area contributed by atoms with Gasteiger partial charge < -0.3 is 10.1 Å². The third-order valence-corrected chi connectivity index (χ3v) is 5.17. The summed E-state index contributed by atoms with van der Waals surface area (Å²) in [6.45, 7) is 2.18. The summed E-state index contributed by atoms with van der Waals surface area (Å²) in [7, 11) is 1.30. The third-order valence-electron chi connectivity index (χ3n) is 5.17. The van der Waals surface area contributed by atoms with Crippen molar-refractivity contribution in [3.63, 3.8) is 0 Å². The molecule has 0 aromatic heterocycles. The van der Waals surface area contributed by atoms with E-state index in [2.05, 4.69) is 15.0 Å². The standard InChI is InChI=1S/C22H25FN2O3/c1-28-21(26)14-24-22(27)16-10-12-25(13-11-16)15-17-6-2-3-7-18(17)19-8-4-5-9-20(19)23/h2-9,16H,10-15H2,1H3,(H,24,27). The summed E-state index contributed by atoms with van der Waals surface area (Å²) in [4.78, 5) is 25.6. The first-order valence-corrected chi connectivity index (χ1v) is 9.48. The second-order valence-electron chi connectivity index (χ2n) is 6.98. The van der Waals surface area contributed by atoms with Crippen LogP contribution in [0.25, 0.3) is 11.1 Å². The average molecular weight is 384 g/mol. The molecule has 148 valence electrons. The van der Waals surface area contributed by atoms with Gasteiger partial charge in [-0.15, -0.1) is 0 Å². The molecule has 5 nitrogen and oxygen atoms in total. The average Bonchev–Trinajstić information content (AvgIpc) is 2.73. The monoisotopic (exact) mass is 384 g/mol. The van der Waals surface area contributed by atoms with Gasteiger partial charge in [-0.05, 0) is 43.1 Å². The van der Waals surface area contributed by atoms with Gasteiger partial charge in [0.2, 0.25) is 5.91 Å². The van der Waals surface area contributed by atoms with Crippen molar-refractivity contribution >= 4 is 11.9 Å². The van der Waals surface area contributed by atoms with Gasteiger partial charge in [-0.1, -0.05) is 42.5 Å². The second-order valence-corrected chi connectivity index (χ2v) is 6.98. The predicted octanol–water partition coefficient (Wildman–Crippen LogP) is 2.99. The van der Waals surface area contributed by atoms with Gasteiger partial charge in [0.1, 0.15) is 12.4 Å². The Morgan fingerprint density at radius 2 is 1.71 bits per heavy atom. The number of piperidine rings is 1. The third kappa shape index (κ3) is 4.95. The van der Waals surface area contributed by atoms with E-state index in [-0.39, 0.29) is 24.2 Å². The van der Waals surface area contributed by atoms with Crippen molar-refractivity contribution in [3.8, 4) is 11.1 Å². The number of rotatable bonds is 6. The fraction of sp³-hybridized carbons (Fsp3) is 0.364. The van der Waals surface area contributed by atoms with Crippen LogP contribution in [0.1, 0.15) is 18.4 Å². The Morgan fingerprint density at radius 3 is 2.39 bits per heavy atom. The number of nitrogens with zero attached hydrogens (tertiary/aromatic N) is 1. The summed E-state index contributed by atoms with van der Waals surface area (Å²) < 4.78 is 18.8. The van der Waals surface area contributed by atoms with E-state index in [0.717, 1.165) is 37.1 Å². The zero-order valence-corrected chi connectivity index (χ0v) is 16.0. The van der Waals surface area contributed by atoms with E-state index in [1.807, 2.05) is 30.3 Å². The number of carbonyl (C=O) groups is 2. The molecule has 3 rings (SSSR count). The van der Waals surface area contributed by atoms with Crippen LogP contribution in [-0.4, -0.2) is 43.5 Å². The molecule has 1 N–H and O–H groups in total. The zero-order valence-electron chi connectivity index (χ0n) is 16.0. The van der Waals surface area contributed by atoms with Gasteiger partial charge in [0.05, 0.1) is 7.11 Å². The molecule has 1 aliphatic heterocycles. The predicted molar refractivity (Wildman–Crippen MR) is 105 cm³/mol. The van der Waals surface area contributed by atoms with E-state index in [0.29, 0.717) is 12.1 Å². The molecule has 2 aromatic rings. The molecule has 1 saturated heterocycles. The minimum atomic E-state index is -0.449. The molecule has 1 amide bonds. The summed E-state index contributed by atoms with van der Waals surface area (Å²) in [6, 6.07) is 14.7. The normalized spacial score (nSPS) is 15.2. The van der Waals surface area contributed by atoms with E-state index < -0.39 is 5.97 Å². The van der Waals surface area contributed by atoms with Gasteiger partial charge in [-0.25, -0.2) is 4.39 Å². The molecule has 1 fully saturated rings. The first-order valence-electron chi connectivity index (χ1n) is 9.48. The SMILES string of the molecule is COC(=O)CNC(=O)C1CCN(Cc2ccccc2-c2ccccc2F)CC1. The van der Waals surface area contributed by atoms with Crippen LogP contribution in [0.5, 0.6) is 0 Å².